The zero-order valence-corrected chi connectivity index (χ0v) is 11.7. The molecule has 0 aliphatic rings. The SMILES string of the molecule is NC(=O)CC(=O)NC(Cc1ccccc1)c1ccccc1. The Morgan fingerprint density at radius 3 is 2.10 bits per heavy atom. The van der Waals surface area contributed by atoms with E-state index in [1.54, 1.807) is 0 Å². The molecule has 3 N–H and O–H groups in total. The molecule has 0 saturated carbocycles. The quantitative estimate of drug-likeness (QED) is 0.795. The zero-order valence-electron chi connectivity index (χ0n) is 11.7. The number of hydrogen-bond acceptors (Lipinski definition) is 2. The Bertz CT molecular complexity index is 597. The molecule has 2 rings (SSSR count). The highest BCUT2D eigenvalue weighted by Gasteiger charge is 2.16. The summed E-state index contributed by atoms with van der Waals surface area (Å²) < 4.78 is 0. The third kappa shape index (κ3) is 4.76. The molecule has 4 nitrogen and oxygen atoms in total. The van der Waals surface area contributed by atoms with Crippen LogP contribution >= 0.6 is 0 Å². The van der Waals surface area contributed by atoms with E-state index in [0.717, 1.165) is 11.1 Å². The monoisotopic (exact) mass is 282 g/mol. The smallest absolute Gasteiger partial charge is 0.229 e. The van der Waals surface area contributed by atoms with Crippen molar-refractivity contribution < 1.29 is 9.59 Å². The molecule has 0 aliphatic heterocycles. The predicted octanol–water partition coefficient (Wildman–Crippen LogP) is 1.96. The summed E-state index contributed by atoms with van der Waals surface area (Å²) in [5.74, 6) is -0.980. The molecular weight excluding hydrogens is 264 g/mol. The van der Waals surface area contributed by atoms with Crippen LogP contribution < -0.4 is 11.1 Å². The third-order valence-electron chi connectivity index (χ3n) is 3.15. The summed E-state index contributed by atoms with van der Waals surface area (Å²) in [5.41, 5.74) is 7.18. The van der Waals surface area contributed by atoms with E-state index in [-0.39, 0.29) is 18.4 Å². The normalized spacial score (nSPS) is 11.6. The molecule has 4 heteroatoms. The molecule has 2 aromatic carbocycles. The molecule has 0 radical (unpaired) electrons. The average molecular weight is 282 g/mol. The van der Waals surface area contributed by atoms with Crippen LogP contribution in [0.1, 0.15) is 23.6 Å². The minimum Gasteiger partial charge on any atom is -0.369 e. The molecule has 0 saturated heterocycles. The topological polar surface area (TPSA) is 72.2 Å². The van der Waals surface area contributed by atoms with Gasteiger partial charge in [-0.3, -0.25) is 9.59 Å². The highest BCUT2D eigenvalue weighted by molar-refractivity contribution is 5.96. The second-order valence-electron chi connectivity index (χ2n) is 4.86. The maximum absolute atomic E-state index is 11.8. The van der Waals surface area contributed by atoms with Crippen molar-refractivity contribution in [1.29, 1.82) is 0 Å². The van der Waals surface area contributed by atoms with Crippen LogP contribution in [0.5, 0.6) is 0 Å². The Morgan fingerprint density at radius 2 is 1.52 bits per heavy atom. The van der Waals surface area contributed by atoms with Crippen LogP contribution in [0.3, 0.4) is 0 Å². The van der Waals surface area contributed by atoms with Crippen molar-refractivity contribution in [1.82, 2.24) is 5.32 Å². The van der Waals surface area contributed by atoms with Gasteiger partial charge in [-0.2, -0.15) is 0 Å². The predicted molar refractivity (Wildman–Crippen MR) is 81.3 cm³/mol. The first-order chi connectivity index (χ1) is 10.1. The van der Waals surface area contributed by atoms with E-state index in [9.17, 15) is 9.59 Å². The summed E-state index contributed by atoms with van der Waals surface area (Å²) in [6.45, 7) is 0. The largest absolute Gasteiger partial charge is 0.369 e. The van der Waals surface area contributed by atoms with E-state index >= 15 is 0 Å². The average Bonchev–Trinajstić information content (AvgIpc) is 2.48. The van der Waals surface area contributed by atoms with Gasteiger partial charge in [0, 0.05) is 0 Å². The number of nitrogens with one attached hydrogen (secondary N) is 1. The number of amides is 2. The van der Waals surface area contributed by atoms with Gasteiger partial charge in [0.25, 0.3) is 0 Å². The number of carbonyl (C=O) groups is 2. The summed E-state index contributed by atoms with van der Waals surface area (Å²) >= 11 is 0. The van der Waals surface area contributed by atoms with Crippen LogP contribution in [0.4, 0.5) is 0 Å². The Balaban J connectivity index is 2.15. The van der Waals surface area contributed by atoms with E-state index in [4.69, 9.17) is 5.73 Å². The first-order valence-electron chi connectivity index (χ1n) is 6.81. The van der Waals surface area contributed by atoms with E-state index in [2.05, 4.69) is 5.32 Å². The van der Waals surface area contributed by atoms with Crippen LogP contribution in [0.2, 0.25) is 0 Å². The first kappa shape index (κ1) is 14.8. The fourth-order valence-electron chi connectivity index (χ4n) is 2.19. The lowest BCUT2D eigenvalue weighted by Crippen LogP contribution is -2.33. The minimum absolute atomic E-state index is 0.180. The molecule has 2 amide bonds. The second kappa shape index (κ2) is 7.24. The molecule has 0 aromatic heterocycles. The van der Waals surface area contributed by atoms with Gasteiger partial charge in [0.05, 0.1) is 6.04 Å². The fraction of sp³-hybridized carbons (Fsp3) is 0.176. The summed E-state index contributed by atoms with van der Waals surface area (Å²) in [7, 11) is 0. The van der Waals surface area contributed by atoms with E-state index in [1.807, 2.05) is 60.7 Å². The number of carbonyl (C=O) groups excluding carboxylic acids is 2. The molecule has 0 bridgehead atoms. The molecule has 1 atom stereocenters. The number of nitrogens with two attached hydrogens (primary N) is 1. The summed E-state index contributed by atoms with van der Waals surface area (Å²) in [6.07, 6.45) is 0.369. The van der Waals surface area contributed by atoms with Crippen molar-refractivity contribution in [2.75, 3.05) is 0 Å². The number of primary amides is 1. The molecule has 0 fully saturated rings. The summed E-state index contributed by atoms with van der Waals surface area (Å²) in [4.78, 5) is 22.7. The molecule has 0 aliphatic carbocycles. The maximum Gasteiger partial charge on any atom is 0.229 e. The van der Waals surface area contributed by atoms with Crippen LogP contribution in [-0.2, 0) is 16.0 Å². The summed E-state index contributed by atoms with van der Waals surface area (Å²) in [5, 5.41) is 2.87. The van der Waals surface area contributed by atoms with Crippen molar-refractivity contribution >= 4 is 11.8 Å². The van der Waals surface area contributed by atoms with Crippen molar-refractivity contribution in [2.24, 2.45) is 5.73 Å². The van der Waals surface area contributed by atoms with E-state index in [1.165, 1.54) is 0 Å². The van der Waals surface area contributed by atoms with Gasteiger partial charge in [-0.25, -0.2) is 0 Å². The molecule has 108 valence electrons. The van der Waals surface area contributed by atoms with Crippen molar-refractivity contribution in [3.63, 3.8) is 0 Å². The molecule has 21 heavy (non-hydrogen) atoms. The Labute approximate surface area is 124 Å². The molecule has 0 spiro atoms. The highest BCUT2D eigenvalue weighted by Crippen LogP contribution is 2.18. The minimum atomic E-state index is -0.626. The lowest BCUT2D eigenvalue weighted by molar-refractivity contribution is -0.128. The number of rotatable bonds is 6. The standard InChI is InChI=1S/C17H18N2O2/c18-16(20)12-17(21)19-15(14-9-5-2-6-10-14)11-13-7-3-1-4-8-13/h1-10,15H,11-12H2,(H2,18,20)(H,19,21). The molecule has 2 aromatic rings. The number of hydrogen-bond donors (Lipinski definition) is 2. The lowest BCUT2D eigenvalue weighted by Gasteiger charge is -2.19. The molecular formula is C17H18N2O2. The van der Waals surface area contributed by atoms with Crippen LogP contribution in [0.25, 0.3) is 0 Å². The van der Waals surface area contributed by atoms with Crippen LogP contribution in [0, 0.1) is 0 Å². The second-order valence-corrected chi connectivity index (χ2v) is 4.86. The Morgan fingerprint density at radius 1 is 0.952 bits per heavy atom. The van der Waals surface area contributed by atoms with Gasteiger partial charge in [-0.05, 0) is 17.5 Å². The van der Waals surface area contributed by atoms with E-state index in [0.29, 0.717) is 6.42 Å². The van der Waals surface area contributed by atoms with Crippen molar-refractivity contribution in [3.05, 3.63) is 71.8 Å². The van der Waals surface area contributed by atoms with Gasteiger partial charge in [0.15, 0.2) is 0 Å². The third-order valence-corrected chi connectivity index (χ3v) is 3.15. The van der Waals surface area contributed by atoms with Crippen LogP contribution in [-0.4, -0.2) is 11.8 Å². The zero-order chi connectivity index (χ0) is 15.1. The van der Waals surface area contributed by atoms with Gasteiger partial charge in [0.1, 0.15) is 6.42 Å². The van der Waals surface area contributed by atoms with Gasteiger partial charge in [0.2, 0.25) is 11.8 Å². The molecule has 1 unspecified atom stereocenters. The Kier molecular flexibility index (Phi) is 5.10. The Hall–Kier alpha value is -2.62. The number of benzene rings is 2. The van der Waals surface area contributed by atoms with Gasteiger partial charge < -0.3 is 11.1 Å². The first-order valence-corrected chi connectivity index (χ1v) is 6.81. The van der Waals surface area contributed by atoms with Crippen molar-refractivity contribution in [3.8, 4) is 0 Å². The highest BCUT2D eigenvalue weighted by atomic mass is 16.2. The van der Waals surface area contributed by atoms with Gasteiger partial charge >= 0.3 is 0 Å². The molecule has 0 heterocycles. The van der Waals surface area contributed by atoms with Gasteiger partial charge in [-0.1, -0.05) is 60.7 Å². The van der Waals surface area contributed by atoms with Gasteiger partial charge in [-0.15, -0.1) is 0 Å². The maximum atomic E-state index is 11.8. The van der Waals surface area contributed by atoms with Crippen LogP contribution in [0.15, 0.2) is 60.7 Å². The summed E-state index contributed by atoms with van der Waals surface area (Å²) in [6, 6.07) is 19.4. The lowest BCUT2D eigenvalue weighted by atomic mass is 9.98. The van der Waals surface area contributed by atoms with E-state index < -0.39 is 5.91 Å². The van der Waals surface area contributed by atoms with Crippen molar-refractivity contribution in [2.45, 2.75) is 18.9 Å². The fourth-order valence-corrected chi connectivity index (χ4v) is 2.19.